The van der Waals surface area contributed by atoms with Crippen molar-refractivity contribution in [2.24, 2.45) is 0 Å². The topological polar surface area (TPSA) is 106 Å². The highest BCUT2D eigenvalue weighted by molar-refractivity contribution is 6.33. The summed E-state index contributed by atoms with van der Waals surface area (Å²) in [5, 5.41) is 13.9. The summed E-state index contributed by atoms with van der Waals surface area (Å²) >= 11 is 12.1. The van der Waals surface area contributed by atoms with Gasteiger partial charge in [0.05, 0.1) is 15.6 Å². The van der Waals surface area contributed by atoms with E-state index >= 15 is 0 Å². The van der Waals surface area contributed by atoms with Crippen LogP contribution in [0.25, 0.3) is 17.4 Å². The first-order valence-electron chi connectivity index (χ1n) is 8.50. The lowest BCUT2D eigenvalue weighted by Crippen LogP contribution is -2.30. The fraction of sp³-hybridized carbons (Fsp3) is 0. The summed E-state index contributed by atoms with van der Waals surface area (Å²) in [5.41, 5.74) is 0.675. The molecule has 1 aliphatic heterocycles. The molecule has 30 heavy (non-hydrogen) atoms. The Balaban J connectivity index is 1.61. The molecule has 8 nitrogen and oxygen atoms in total. The maximum atomic E-state index is 12.7. The van der Waals surface area contributed by atoms with Crippen molar-refractivity contribution < 1.29 is 18.9 Å². The highest BCUT2D eigenvalue weighted by atomic mass is 35.5. The van der Waals surface area contributed by atoms with Gasteiger partial charge in [0.1, 0.15) is 17.2 Å². The molecule has 1 saturated heterocycles. The molecule has 1 N–H and O–H groups in total. The fourth-order valence-electron chi connectivity index (χ4n) is 2.92. The minimum atomic E-state index is -0.612. The van der Waals surface area contributed by atoms with E-state index in [4.69, 9.17) is 27.6 Å². The molecular weight excluding hydrogens is 433 g/mol. The predicted octanol–water partition coefficient (Wildman–Crippen LogP) is 5.26. The molecule has 2 heterocycles. The number of nitrogens with one attached hydrogen (secondary N) is 1. The molecule has 1 fully saturated rings. The largest absolute Gasteiger partial charge is 0.457 e. The zero-order chi connectivity index (χ0) is 21.4. The Kier molecular flexibility index (Phi) is 5.03. The number of imide groups is 1. The highest BCUT2D eigenvalue weighted by Crippen LogP contribution is 2.33. The summed E-state index contributed by atoms with van der Waals surface area (Å²) in [4.78, 5) is 36.2. The molecule has 1 aliphatic rings. The molecule has 3 aromatic rings. The lowest BCUT2D eigenvalue weighted by atomic mass is 10.1. The average molecular weight is 444 g/mol. The van der Waals surface area contributed by atoms with E-state index in [0.29, 0.717) is 22.0 Å². The monoisotopic (exact) mass is 443 g/mol. The number of hydrogen-bond donors (Lipinski definition) is 1. The van der Waals surface area contributed by atoms with Crippen LogP contribution in [-0.2, 0) is 4.79 Å². The number of nitro benzene ring substituents is 1. The van der Waals surface area contributed by atoms with Gasteiger partial charge in [0.25, 0.3) is 11.6 Å². The summed E-state index contributed by atoms with van der Waals surface area (Å²) in [7, 11) is 0. The second kappa shape index (κ2) is 7.66. The van der Waals surface area contributed by atoms with Gasteiger partial charge in [-0.2, -0.15) is 0 Å². The number of nitro groups is 1. The van der Waals surface area contributed by atoms with E-state index in [1.54, 1.807) is 30.3 Å². The summed E-state index contributed by atoms with van der Waals surface area (Å²) in [6.07, 6.45) is 1.38. The van der Waals surface area contributed by atoms with Gasteiger partial charge in [-0.25, -0.2) is 9.69 Å². The van der Waals surface area contributed by atoms with E-state index in [1.165, 1.54) is 30.3 Å². The van der Waals surface area contributed by atoms with Crippen LogP contribution >= 0.6 is 23.2 Å². The number of carbonyl (C=O) groups is 2. The molecule has 0 atom stereocenters. The van der Waals surface area contributed by atoms with Crippen molar-refractivity contribution in [1.82, 2.24) is 5.32 Å². The number of carbonyl (C=O) groups excluding carboxylic acids is 2. The van der Waals surface area contributed by atoms with E-state index in [0.717, 1.165) is 4.90 Å². The third-order valence-electron chi connectivity index (χ3n) is 4.29. The standard InChI is InChI=1S/C20H11Cl2N3O5/c21-11-2-1-3-12(8-11)24-19(26)17(23-20(24)27)10-14-5-7-18(30-14)15-6-4-13(25(28)29)9-16(15)22/h1-10H,(H,23,27)/b17-10+. The van der Waals surface area contributed by atoms with E-state index < -0.39 is 16.9 Å². The Morgan fingerprint density at radius 3 is 2.57 bits per heavy atom. The van der Waals surface area contributed by atoms with Crippen LogP contribution in [-0.4, -0.2) is 16.9 Å². The number of urea groups is 1. The first-order valence-corrected chi connectivity index (χ1v) is 9.26. The Labute approximate surface area is 179 Å². The lowest BCUT2D eigenvalue weighted by Gasteiger charge is -2.11. The smallest absolute Gasteiger partial charge is 0.333 e. The second-order valence-electron chi connectivity index (χ2n) is 6.23. The maximum absolute atomic E-state index is 12.7. The van der Waals surface area contributed by atoms with Gasteiger partial charge < -0.3 is 9.73 Å². The SMILES string of the molecule is O=C1N/C(=C/c2ccc(-c3ccc([N+](=O)[O-])cc3Cl)o2)C(=O)N1c1cccc(Cl)c1. The van der Waals surface area contributed by atoms with E-state index in [2.05, 4.69) is 5.32 Å². The van der Waals surface area contributed by atoms with Gasteiger partial charge in [-0.15, -0.1) is 0 Å². The van der Waals surface area contributed by atoms with Crippen molar-refractivity contribution in [1.29, 1.82) is 0 Å². The highest BCUT2D eigenvalue weighted by Gasteiger charge is 2.35. The Morgan fingerprint density at radius 1 is 1.07 bits per heavy atom. The van der Waals surface area contributed by atoms with E-state index in [9.17, 15) is 19.7 Å². The molecular formula is C20H11Cl2N3O5. The molecule has 3 amide bonds. The van der Waals surface area contributed by atoms with Crippen LogP contribution in [0.2, 0.25) is 10.0 Å². The van der Waals surface area contributed by atoms with Crippen LogP contribution in [0.1, 0.15) is 5.76 Å². The van der Waals surface area contributed by atoms with Crippen LogP contribution in [0, 0.1) is 10.1 Å². The summed E-state index contributed by atoms with van der Waals surface area (Å²) in [5.74, 6) is 0.0785. The first kappa shape index (κ1) is 19.7. The number of nitrogens with zero attached hydrogens (tertiary/aromatic N) is 2. The number of furan rings is 1. The zero-order valence-electron chi connectivity index (χ0n) is 15.0. The molecule has 0 aliphatic carbocycles. The minimum absolute atomic E-state index is 0.0238. The third-order valence-corrected chi connectivity index (χ3v) is 4.83. The van der Waals surface area contributed by atoms with Crippen molar-refractivity contribution in [2.75, 3.05) is 4.90 Å². The van der Waals surface area contributed by atoms with E-state index in [1.807, 2.05) is 0 Å². The van der Waals surface area contributed by atoms with Crippen LogP contribution in [0.15, 0.2) is 64.7 Å². The number of non-ortho nitro benzene ring substituents is 1. The van der Waals surface area contributed by atoms with Gasteiger partial charge in [0, 0.05) is 28.8 Å². The summed E-state index contributed by atoms with van der Waals surface area (Å²) in [6.45, 7) is 0. The van der Waals surface area contributed by atoms with Gasteiger partial charge in [-0.05, 0) is 36.4 Å². The molecule has 2 aromatic carbocycles. The maximum Gasteiger partial charge on any atom is 0.333 e. The molecule has 10 heteroatoms. The lowest BCUT2D eigenvalue weighted by molar-refractivity contribution is -0.384. The molecule has 0 radical (unpaired) electrons. The van der Waals surface area contributed by atoms with Crippen LogP contribution in [0.5, 0.6) is 0 Å². The molecule has 0 bridgehead atoms. The number of halogens is 2. The Bertz CT molecular complexity index is 1230. The molecule has 150 valence electrons. The number of rotatable bonds is 4. The number of benzene rings is 2. The van der Waals surface area contributed by atoms with Crippen molar-refractivity contribution in [2.45, 2.75) is 0 Å². The van der Waals surface area contributed by atoms with Crippen LogP contribution in [0.4, 0.5) is 16.2 Å². The predicted molar refractivity (Wildman–Crippen MR) is 111 cm³/mol. The van der Waals surface area contributed by atoms with E-state index in [-0.39, 0.29) is 22.2 Å². The second-order valence-corrected chi connectivity index (χ2v) is 7.08. The molecule has 0 spiro atoms. The number of amides is 3. The van der Waals surface area contributed by atoms with Gasteiger partial charge in [-0.1, -0.05) is 29.3 Å². The molecule has 0 saturated carbocycles. The average Bonchev–Trinajstić information content (AvgIpc) is 3.26. The van der Waals surface area contributed by atoms with Gasteiger partial charge >= 0.3 is 6.03 Å². The normalized spacial score (nSPS) is 15.0. The third kappa shape index (κ3) is 3.66. The van der Waals surface area contributed by atoms with Crippen LogP contribution < -0.4 is 10.2 Å². The van der Waals surface area contributed by atoms with Gasteiger partial charge in [0.15, 0.2) is 0 Å². The fourth-order valence-corrected chi connectivity index (χ4v) is 3.37. The Morgan fingerprint density at radius 2 is 1.87 bits per heavy atom. The quantitative estimate of drug-likeness (QED) is 0.256. The minimum Gasteiger partial charge on any atom is -0.457 e. The molecule has 4 rings (SSSR count). The summed E-state index contributed by atoms with van der Waals surface area (Å²) < 4.78 is 5.68. The van der Waals surface area contributed by atoms with Crippen molar-refractivity contribution in [3.8, 4) is 11.3 Å². The number of anilines is 1. The summed E-state index contributed by atoms with van der Waals surface area (Å²) in [6, 6.07) is 12.9. The van der Waals surface area contributed by atoms with Crippen molar-refractivity contribution in [3.05, 3.63) is 86.2 Å². The first-order chi connectivity index (χ1) is 14.3. The van der Waals surface area contributed by atoms with Gasteiger partial charge in [-0.3, -0.25) is 14.9 Å². The van der Waals surface area contributed by atoms with Gasteiger partial charge in [0.2, 0.25) is 0 Å². The van der Waals surface area contributed by atoms with Crippen LogP contribution in [0.3, 0.4) is 0 Å². The zero-order valence-corrected chi connectivity index (χ0v) is 16.5. The van der Waals surface area contributed by atoms with Crippen molar-refractivity contribution >= 4 is 52.6 Å². The Hall–Kier alpha value is -3.62. The van der Waals surface area contributed by atoms with Crippen molar-refractivity contribution in [3.63, 3.8) is 0 Å². The molecule has 1 aromatic heterocycles. The molecule has 0 unspecified atom stereocenters. The number of hydrogen-bond acceptors (Lipinski definition) is 5.